The van der Waals surface area contributed by atoms with E-state index in [0.29, 0.717) is 17.1 Å². The molecule has 6 nitrogen and oxygen atoms in total. The number of aromatic nitrogens is 1. The molecule has 0 atom stereocenters. The lowest BCUT2D eigenvalue weighted by molar-refractivity contribution is -0.117. The average Bonchev–Trinajstić information content (AvgIpc) is 3.42. The first-order chi connectivity index (χ1) is 11.2. The average molecular weight is 311 g/mol. The topological polar surface area (TPSA) is 80.3 Å². The number of nitrogens with one attached hydrogen (secondary N) is 2. The largest absolute Gasteiger partial charge is 0.465 e. The van der Waals surface area contributed by atoms with E-state index < -0.39 is 0 Å². The first-order valence-corrected chi connectivity index (χ1v) is 7.38. The Morgan fingerprint density at radius 3 is 2.35 bits per heavy atom. The van der Waals surface area contributed by atoms with Crippen molar-refractivity contribution < 1.29 is 14.3 Å². The summed E-state index contributed by atoms with van der Waals surface area (Å²) in [5, 5.41) is 5.97. The summed E-state index contributed by atoms with van der Waals surface area (Å²) in [7, 11) is 1.35. The van der Waals surface area contributed by atoms with Gasteiger partial charge in [0.15, 0.2) is 0 Å². The van der Waals surface area contributed by atoms with Crippen LogP contribution in [0.4, 0.5) is 17.2 Å². The molecule has 3 rings (SSSR count). The second kappa shape index (κ2) is 6.48. The lowest BCUT2D eigenvalue weighted by atomic mass is 10.2. The number of hydrogen-bond acceptors (Lipinski definition) is 5. The Morgan fingerprint density at radius 2 is 1.78 bits per heavy atom. The van der Waals surface area contributed by atoms with Crippen molar-refractivity contribution in [3.05, 3.63) is 48.2 Å². The Kier molecular flexibility index (Phi) is 4.23. The maximum Gasteiger partial charge on any atom is 0.337 e. The molecule has 0 saturated heterocycles. The molecule has 0 unspecified atom stereocenters. The van der Waals surface area contributed by atoms with Crippen molar-refractivity contribution >= 4 is 29.1 Å². The van der Waals surface area contributed by atoms with E-state index in [1.807, 2.05) is 0 Å². The number of nitrogens with zero attached hydrogens (tertiary/aromatic N) is 1. The van der Waals surface area contributed by atoms with Gasteiger partial charge in [-0.05, 0) is 49.2 Å². The molecule has 0 spiro atoms. The molecule has 0 radical (unpaired) electrons. The molecular weight excluding hydrogens is 294 g/mol. The van der Waals surface area contributed by atoms with Gasteiger partial charge in [0, 0.05) is 11.6 Å². The van der Waals surface area contributed by atoms with Gasteiger partial charge >= 0.3 is 5.97 Å². The van der Waals surface area contributed by atoms with E-state index in [4.69, 9.17) is 0 Å². The van der Waals surface area contributed by atoms with Gasteiger partial charge < -0.3 is 15.4 Å². The van der Waals surface area contributed by atoms with Crippen LogP contribution in [0.15, 0.2) is 42.6 Å². The minimum absolute atomic E-state index is 0.0610. The number of carbonyl (C=O) groups excluding carboxylic acids is 2. The van der Waals surface area contributed by atoms with Crippen LogP contribution >= 0.6 is 0 Å². The predicted molar refractivity (Wildman–Crippen MR) is 86.7 cm³/mol. The van der Waals surface area contributed by atoms with E-state index in [2.05, 4.69) is 20.4 Å². The summed E-state index contributed by atoms with van der Waals surface area (Å²) in [6.45, 7) is 0. The summed E-state index contributed by atoms with van der Waals surface area (Å²) in [5.74, 6) is 0.512. The van der Waals surface area contributed by atoms with Gasteiger partial charge in [-0.2, -0.15) is 0 Å². The van der Waals surface area contributed by atoms with Crippen molar-refractivity contribution in [2.45, 2.75) is 12.8 Å². The smallest absolute Gasteiger partial charge is 0.337 e. The first-order valence-electron chi connectivity index (χ1n) is 7.38. The summed E-state index contributed by atoms with van der Waals surface area (Å²) in [4.78, 5) is 27.3. The number of hydrogen-bond donors (Lipinski definition) is 2. The predicted octanol–water partition coefficient (Wildman–Crippen LogP) is 2.96. The third-order valence-corrected chi connectivity index (χ3v) is 3.56. The van der Waals surface area contributed by atoms with Crippen LogP contribution in [-0.4, -0.2) is 24.0 Å². The molecule has 0 bridgehead atoms. The number of benzene rings is 1. The van der Waals surface area contributed by atoms with Gasteiger partial charge in [0.25, 0.3) is 0 Å². The summed E-state index contributed by atoms with van der Waals surface area (Å²) < 4.78 is 4.65. The molecule has 1 aliphatic rings. The molecule has 1 amide bonds. The van der Waals surface area contributed by atoms with Crippen LogP contribution < -0.4 is 10.6 Å². The first kappa shape index (κ1) is 15.0. The van der Waals surface area contributed by atoms with Crippen molar-refractivity contribution in [2.24, 2.45) is 5.92 Å². The second-order valence-electron chi connectivity index (χ2n) is 5.39. The number of pyridine rings is 1. The van der Waals surface area contributed by atoms with Crippen molar-refractivity contribution in [2.75, 3.05) is 17.7 Å². The molecule has 1 saturated carbocycles. The maximum absolute atomic E-state index is 11.7. The molecule has 0 aliphatic heterocycles. The minimum Gasteiger partial charge on any atom is -0.465 e. The van der Waals surface area contributed by atoms with Crippen LogP contribution in [0.2, 0.25) is 0 Å². The molecule has 1 heterocycles. The van der Waals surface area contributed by atoms with Crippen molar-refractivity contribution in [3.63, 3.8) is 0 Å². The zero-order valence-electron chi connectivity index (χ0n) is 12.7. The third kappa shape index (κ3) is 3.85. The molecule has 2 aromatic rings. The van der Waals surface area contributed by atoms with Crippen LogP contribution in [0, 0.1) is 5.92 Å². The van der Waals surface area contributed by atoms with Crippen LogP contribution in [-0.2, 0) is 9.53 Å². The van der Waals surface area contributed by atoms with E-state index in [0.717, 1.165) is 18.5 Å². The second-order valence-corrected chi connectivity index (χ2v) is 5.39. The number of anilines is 3. The standard InChI is InChI=1S/C17H17N3O3/c1-23-17(22)12-4-6-13(7-5-12)19-15-9-8-14(10-18-15)20-16(21)11-2-3-11/h4-11H,2-3H2,1H3,(H,18,19)(H,20,21). The van der Waals surface area contributed by atoms with Gasteiger partial charge in [0.05, 0.1) is 24.6 Å². The molecule has 23 heavy (non-hydrogen) atoms. The zero-order valence-corrected chi connectivity index (χ0v) is 12.7. The molecule has 118 valence electrons. The SMILES string of the molecule is COC(=O)c1ccc(Nc2ccc(NC(=O)C3CC3)cn2)cc1. The van der Waals surface area contributed by atoms with Crippen LogP contribution in [0.5, 0.6) is 0 Å². The molecule has 1 aliphatic carbocycles. The van der Waals surface area contributed by atoms with Crippen LogP contribution in [0.1, 0.15) is 23.2 Å². The van der Waals surface area contributed by atoms with Gasteiger partial charge in [0.2, 0.25) is 5.91 Å². The summed E-state index contributed by atoms with van der Waals surface area (Å²) in [6, 6.07) is 10.5. The number of ether oxygens (including phenoxy) is 1. The lowest BCUT2D eigenvalue weighted by Crippen LogP contribution is -2.13. The van der Waals surface area contributed by atoms with E-state index in [-0.39, 0.29) is 17.8 Å². The Morgan fingerprint density at radius 1 is 1.09 bits per heavy atom. The Balaban J connectivity index is 1.61. The summed E-state index contributed by atoms with van der Waals surface area (Å²) >= 11 is 0. The van der Waals surface area contributed by atoms with Crippen LogP contribution in [0.25, 0.3) is 0 Å². The van der Waals surface area contributed by atoms with Crippen molar-refractivity contribution in [3.8, 4) is 0 Å². The fourth-order valence-corrected chi connectivity index (χ4v) is 2.09. The number of amides is 1. The highest BCUT2D eigenvalue weighted by Gasteiger charge is 2.29. The molecular formula is C17H17N3O3. The lowest BCUT2D eigenvalue weighted by Gasteiger charge is -2.08. The monoisotopic (exact) mass is 311 g/mol. The van der Waals surface area contributed by atoms with Gasteiger partial charge in [0.1, 0.15) is 5.82 Å². The van der Waals surface area contributed by atoms with E-state index in [1.54, 1.807) is 42.6 Å². The van der Waals surface area contributed by atoms with Gasteiger partial charge in [-0.1, -0.05) is 0 Å². The number of esters is 1. The Hall–Kier alpha value is -2.89. The zero-order chi connectivity index (χ0) is 16.2. The quantitative estimate of drug-likeness (QED) is 0.830. The van der Waals surface area contributed by atoms with E-state index in [1.165, 1.54) is 7.11 Å². The maximum atomic E-state index is 11.7. The summed E-state index contributed by atoms with van der Waals surface area (Å²) in [5.41, 5.74) is 1.98. The molecule has 1 aromatic carbocycles. The fourth-order valence-electron chi connectivity index (χ4n) is 2.09. The molecule has 6 heteroatoms. The summed E-state index contributed by atoms with van der Waals surface area (Å²) in [6.07, 6.45) is 3.56. The highest BCUT2D eigenvalue weighted by Crippen LogP contribution is 2.30. The molecule has 1 fully saturated rings. The van der Waals surface area contributed by atoms with E-state index >= 15 is 0 Å². The Labute approximate surface area is 133 Å². The number of methoxy groups -OCH3 is 1. The van der Waals surface area contributed by atoms with Crippen molar-refractivity contribution in [1.82, 2.24) is 4.98 Å². The van der Waals surface area contributed by atoms with Gasteiger partial charge in [-0.25, -0.2) is 9.78 Å². The Bertz CT molecular complexity index is 707. The molecule has 1 aromatic heterocycles. The third-order valence-electron chi connectivity index (χ3n) is 3.56. The van der Waals surface area contributed by atoms with Gasteiger partial charge in [-0.3, -0.25) is 4.79 Å². The number of rotatable bonds is 5. The van der Waals surface area contributed by atoms with E-state index in [9.17, 15) is 9.59 Å². The van der Waals surface area contributed by atoms with Crippen molar-refractivity contribution in [1.29, 1.82) is 0 Å². The highest BCUT2D eigenvalue weighted by atomic mass is 16.5. The highest BCUT2D eigenvalue weighted by molar-refractivity contribution is 5.94. The fraction of sp³-hybridized carbons (Fsp3) is 0.235. The normalized spacial score (nSPS) is 13.3. The van der Waals surface area contributed by atoms with Gasteiger partial charge in [-0.15, -0.1) is 0 Å². The minimum atomic E-state index is -0.370. The van der Waals surface area contributed by atoms with Crippen LogP contribution in [0.3, 0.4) is 0 Å². The molecule has 2 N–H and O–H groups in total. The number of carbonyl (C=O) groups is 2.